The maximum atomic E-state index is 12.5. The van der Waals surface area contributed by atoms with E-state index in [1.165, 1.54) is 12.4 Å². The van der Waals surface area contributed by atoms with Crippen molar-refractivity contribution in [1.82, 2.24) is 34.4 Å². The number of anilines is 1. The third-order valence-electron chi connectivity index (χ3n) is 4.98. The Morgan fingerprint density at radius 2 is 1.71 bits per heavy atom. The lowest BCUT2D eigenvalue weighted by molar-refractivity contribution is 0.0740. The standard InChI is InChI=1S/C19H22N8O/c1-13-14(2)27(12-22-13)18-10-17(23-15(3)24-18)25-6-8-26(9-7-25)19(28)16-11-20-4-5-21-16/h4-5,10-12H,6-9H2,1-3H3. The summed E-state index contributed by atoms with van der Waals surface area (Å²) < 4.78 is 1.97. The molecule has 0 unspecified atom stereocenters. The highest BCUT2D eigenvalue weighted by Crippen LogP contribution is 2.20. The summed E-state index contributed by atoms with van der Waals surface area (Å²) in [5.41, 5.74) is 2.42. The van der Waals surface area contributed by atoms with Gasteiger partial charge in [-0.25, -0.2) is 19.9 Å². The minimum Gasteiger partial charge on any atom is -0.353 e. The number of hydrogen-bond donors (Lipinski definition) is 0. The van der Waals surface area contributed by atoms with Crippen molar-refractivity contribution in [3.8, 4) is 5.82 Å². The highest BCUT2D eigenvalue weighted by Gasteiger charge is 2.24. The molecular weight excluding hydrogens is 356 g/mol. The van der Waals surface area contributed by atoms with Crippen molar-refractivity contribution >= 4 is 11.7 Å². The second kappa shape index (κ2) is 7.34. The van der Waals surface area contributed by atoms with Gasteiger partial charge >= 0.3 is 0 Å². The average Bonchev–Trinajstić information content (AvgIpc) is 3.06. The smallest absolute Gasteiger partial charge is 0.274 e. The van der Waals surface area contributed by atoms with Crippen molar-refractivity contribution in [3.63, 3.8) is 0 Å². The molecule has 0 radical (unpaired) electrons. The Morgan fingerprint density at radius 3 is 2.36 bits per heavy atom. The zero-order chi connectivity index (χ0) is 19.7. The Labute approximate surface area is 163 Å². The summed E-state index contributed by atoms with van der Waals surface area (Å²) in [6.07, 6.45) is 6.39. The Balaban J connectivity index is 1.50. The summed E-state index contributed by atoms with van der Waals surface area (Å²) >= 11 is 0. The van der Waals surface area contributed by atoms with E-state index in [1.807, 2.05) is 31.4 Å². The lowest BCUT2D eigenvalue weighted by atomic mass is 10.2. The molecule has 144 valence electrons. The van der Waals surface area contributed by atoms with Gasteiger partial charge < -0.3 is 9.80 Å². The second-order valence-electron chi connectivity index (χ2n) is 6.79. The third kappa shape index (κ3) is 3.42. The predicted molar refractivity (Wildman–Crippen MR) is 104 cm³/mol. The molecule has 0 atom stereocenters. The Hall–Kier alpha value is -3.36. The van der Waals surface area contributed by atoms with Crippen LogP contribution in [0.25, 0.3) is 5.82 Å². The molecule has 3 aromatic rings. The van der Waals surface area contributed by atoms with Gasteiger partial charge in [0.05, 0.1) is 11.9 Å². The highest BCUT2D eigenvalue weighted by molar-refractivity contribution is 5.92. The summed E-state index contributed by atoms with van der Waals surface area (Å²) in [5.74, 6) is 2.28. The molecule has 9 nitrogen and oxygen atoms in total. The fourth-order valence-corrected chi connectivity index (χ4v) is 3.26. The van der Waals surface area contributed by atoms with Crippen molar-refractivity contribution in [2.75, 3.05) is 31.1 Å². The van der Waals surface area contributed by atoms with E-state index in [-0.39, 0.29) is 5.91 Å². The van der Waals surface area contributed by atoms with Crippen LogP contribution in [-0.2, 0) is 0 Å². The molecule has 0 saturated carbocycles. The lowest BCUT2D eigenvalue weighted by Crippen LogP contribution is -2.49. The van der Waals surface area contributed by atoms with Gasteiger partial charge in [-0.3, -0.25) is 14.3 Å². The number of amides is 1. The first kappa shape index (κ1) is 18.0. The van der Waals surface area contributed by atoms with Crippen LogP contribution in [0, 0.1) is 20.8 Å². The molecule has 28 heavy (non-hydrogen) atoms. The largest absolute Gasteiger partial charge is 0.353 e. The van der Waals surface area contributed by atoms with Crippen LogP contribution in [-0.4, -0.2) is 66.5 Å². The average molecular weight is 378 g/mol. The number of carbonyl (C=O) groups is 1. The number of piperazine rings is 1. The molecule has 0 bridgehead atoms. The van der Waals surface area contributed by atoms with E-state index in [2.05, 4.69) is 29.8 Å². The SMILES string of the molecule is Cc1nc(N2CCN(C(=O)c3cnccn3)CC2)cc(-n2cnc(C)c2C)n1. The van der Waals surface area contributed by atoms with E-state index in [0.717, 1.165) is 23.0 Å². The monoisotopic (exact) mass is 378 g/mol. The fraction of sp³-hybridized carbons (Fsp3) is 0.368. The molecule has 4 rings (SSSR count). The van der Waals surface area contributed by atoms with Gasteiger partial charge in [-0.2, -0.15) is 0 Å². The molecule has 0 N–H and O–H groups in total. The van der Waals surface area contributed by atoms with Gasteiger partial charge in [-0.1, -0.05) is 0 Å². The van der Waals surface area contributed by atoms with Gasteiger partial charge in [-0.05, 0) is 20.8 Å². The van der Waals surface area contributed by atoms with Crippen LogP contribution in [0.3, 0.4) is 0 Å². The van der Waals surface area contributed by atoms with Crippen molar-refractivity contribution in [2.45, 2.75) is 20.8 Å². The van der Waals surface area contributed by atoms with Crippen LogP contribution in [0.15, 0.2) is 31.0 Å². The molecule has 9 heteroatoms. The minimum atomic E-state index is -0.0863. The Kier molecular flexibility index (Phi) is 4.72. The van der Waals surface area contributed by atoms with E-state index in [9.17, 15) is 4.79 Å². The normalized spacial score (nSPS) is 14.4. The van der Waals surface area contributed by atoms with Crippen molar-refractivity contribution in [3.05, 3.63) is 53.9 Å². The van der Waals surface area contributed by atoms with Gasteiger partial charge in [-0.15, -0.1) is 0 Å². The van der Waals surface area contributed by atoms with Crippen molar-refractivity contribution in [1.29, 1.82) is 0 Å². The topological polar surface area (TPSA) is 92.9 Å². The lowest BCUT2D eigenvalue weighted by Gasteiger charge is -2.35. The van der Waals surface area contributed by atoms with Crippen molar-refractivity contribution in [2.24, 2.45) is 0 Å². The van der Waals surface area contributed by atoms with Crippen LogP contribution in [0.4, 0.5) is 5.82 Å². The number of rotatable bonds is 3. The van der Waals surface area contributed by atoms with E-state index in [4.69, 9.17) is 0 Å². The summed E-state index contributed by atoms with van der Waals surface area (Å²) in [7, 11) is 0. The summed E-state index contributed by atoms with van der Waals surface area (Å²) in [5, 5.41) is 0. The van der Waals surface area contributed by atoms with Crippen LogP contribution >= 0.6 is 0 Å². The number of imidazole rings is 1. The van der Waals surface area contributed by atoms with Gasteiger partial charge in [0.1, 0.15) is 29.5 Å². The predicted octanol–water partition coefficient (Wildman–Crippen LogP) is 1.34. The van der Waals surface area contributed by atoms with Crippen LogP contribution in [0.2, 0.25) is 0 Å². The maximum absolute atomic E-state index is 12.5. The first-order valence-corrected chi connectivity index (χ1v) is 9.20. The summed E-state index contributed by atoms with van der Waals surface area (Å²) in [6, 6.07) is 1.97. The Morgan fingerprint density at radius 1 is 0.964 bits per heavy atom. The molecule has 0 spiro atoms. The Bertz CT molecular complexity index is 992. The second-order valence-corrected chi connectivity index (χ2v) is 6.79. The number of aryl methyl sites for hydroxylation is 2. The van der Waals surface area contributed by atoms with Gasteiger partial charge in [0.25, 0.3) is 5.91 Å². The highest BCUT2D eigenvalue weighted by atomic mass is 16.2. The van der Waals surface area contributed by atoms with E-state index in [1.54, 1.807) is 17.4 Å². The molecule has 1 amide bonds. The molecule has 1 aliphatic heterocycles. The zero-order valence-corrected chi connectivity index (χ0v) is 16.2. The fourth-order valence-electron chi connectivity index (χ4n) is 3.26. The quantitative estimate of drug-likeness (QED) is 0.679. The first-order chi connectivity index (χ1) is 13.5. The molecule has 1 aliphatic rings. The van der Waals surface area contributed by atoms with Crippen LogP contribution < -0.4 is 4.90 Å². The number of hydrogen-bond acceptors (Lipinski definition) is 7. The molecule has 0 aromatic carbocycles. The van der Waals surface area contributed by atoms with Crippen molar-refractivity contribution < 1.29 is 4.79 Å². The summed E-state index contributed by atoms with van der Waals surface area (Å²) in [6.45, 7) is 8.51. The number of nitrogens with zero attached hydrogens (tertiary/aromatic N) is 8. The molecular formula is C19H22N8O. The van der Waals surface area contributed by atoms with Gasteiger partial charge in [0, 0.05) is 50.3 Å². The molecule has 1 fully saturated rings. The van der Waals surface area contributed by atoms with Crippen LogP contribution in [0.5, 0.6) is 0 Å². The van der Waals surface area contributed by atoms with Crippen LogP contribution in [0.1, 0.15) is 27.7 Å². The molecule has 0 aliphatic carbocycles. The van der Waals surface area contributed by atoms with Gasteiger partial charge in [0.15, 0.2) is 0 Å². The summed E-state index contributed by atoms with van der Waals surface area (Å²) in [4.78, 5) is 38.1. The number of carbonyl (C=O) groups excluding carboxylic acids is 1. The molecule has 1 saturated heterocycles. The first-order valence-electron chi connectivity index (χ1n) is 9.20. The molecule has 4 heterocycles. The van der Waals surface area contributed by atoms with E-state index < -0.39 is 0 Å². The van der Waals surface area contributed by atoms with Gasteiger partial charge in [0.2, 0.25) is 0 Å². The third-order valence-corrected chi connectivity index (χ3v) is 4.98. The maximum Gasteiger partial charge on any atom is 0.274 e. The van der Waals surface area contributed by atoms with E-state index >= 15 is 0 Å². The zero-order valence-electron chi connectivity index (χ0n) is 16.2. The minimum absolute atomic E-state index is 0.0863. The molecule has 3 aromatic heterocycles. The number of aromatic nitrogens is 6. The van der Waals surface area contributed by atoms with E-state index in [0.29, 0.717) is 37.7 Å².